The normalized spacial score (nSPS) is 30.6. The third-order valence-corrected chi connectivity index (χ3v) is 8.62. The molecule has 4 rings (SSSR count). The van der Waals surface area contributed by atoms with Crippen molar-refractivity contribution in [3.05, 3.63) is 51.5 Å². The van der Waals surface area contributed by atoms with Crippen LogP contribution in [0.4, 0.5) is 0 Å². The van der Waals surface area contributed by atoms with Gasteiger partial charge >= 0.3 is 0 Å². The van der Waals surface area contributed by atoms with Crippen molar-refractivity contribution in [1.82, 2.24) is 0 Å². The number of aliphatic hydroxyl groups is 3. The molecule has 0 fully saturated rings. The number of benzene rings is 1. The molecule has 202 valence electrons. The van der Waals surface area contributed by atoms with Gasteiger partial charge < -0.3 is 20.4 Å². The van der Waals surface area contributed by atoms with Gasteiger partial charge in [0.2, 0.25) is 5.78 Å². The van der Waals surface area contributed by atoms with Gasteiger partial charge in [-0.05, 0) is 49.3 Å². The average Bonchev–Trinajstić information content (AvgIpc) is 2.77. The SMILES string of the molecule is CC(=O)C1=C(O)C(C(C)C)[C@@]2(C)C[C@@]3(C)Cc4c(C#CCC(C)C)ccc(O)c4C(=O)C3=C(O)[C@@]2(O)C1=O. The largest absolute Gasteiger partial charge is 0.511 e. The molecule has 0 aliphatic heterocycles. The molecule has 0 bridgehead atoms. The monoisotopic (exact) mass is 520 g/mol. The van der Waals surface area contributed by atoms with Crippen molar-refractivity contribution < 1.29 is 34.8 Å². The van der Waals surface area contributed by atoms with Gasteiger partial charge in [-0.25, -0.2) is 0 Å². The maximum absolute atomic E-state index is 14.0. The quantitative estimate of drug-likeness (QED) is 0.334. The van der Waals surface area contributed by atoms with E-state index in [2.05, 4.69) is 11.8 Å². The van der Waals surface area contributed by atoms with Gasteiger partial charge in [0, 0.05) is 34.3 Å². The van der Waals surface area contributed by atoms with E-state index in [9.17, 15) is 34.8 Å². The van der Waals surface area contributed by atoms with E-state index in [4.69, 9.17) is 0 Å². The van der Waals surface area contributed by atoms with Crippen LogP contribution in [0.3, 0.4) is 0 Å². The summed E-state index contributed by atoms with van der Waals surface area (Å²) in [5, 5.41) is 45.6. The second-order valence-corrected chi connectivity index (χ2v) is 12.3. The van der Waals surface area contributed by atoms with Gasteiger partial charge in [0.1, 0.15) is 22.8 Å². The first-order chi connectivity index (χ1) is 17.5. The van der Waals surface area contributed by atoms with Crippen molar-refractivity contribution in [1.29, 1.82) is 0 Å². The fourth-order valence-corrected chi connectivity index (χ4v) is 7.20. The molecule has 1 unspecified atom stereocenters. The smallest absolute Gasteiger partial charge is 0.209 e. The minimum Gasteiger partial charge on any atom is -0.511 e. The Hall–Kier alpha value is -3.37. The molecule has 0 saturated heterocycles. The fourth-order valence-electron chi connectivity index (χ4n) is 7.20. The third-order valence-electron chi connectivity index (χ3n) is 8.62. The first-order valence-electron chi connectivity index (χ1n) is 13.1. The Labute approximate surface area is 223 Å². The summed E-state index contributed by atoms with van der Waals surface area (Å²) in [5.74, 6) is 1.40. The van der Waals surface area contributed by atoms with E-state index in [-0.39, 0.29) is 35.6 Å². The highest BCUT2D eigenvalue weighted by Crippen LogP contribution is 2.65. The lowest BCUT2D eigenvalue weighted by Crippen LogP contribution is -2.67. The van der Waals surface area contributed by atoms with E-state index < -0.39 is 56.8 Å². The van der Waals surface area contributed by atoms with Gasteiger partial charge in [0.15, 0.2) is 17.2 Å². The molecule has 0 aromatic heterocycles. The molecule has 0 spiro atoms. The second kappa shape index (κ2) is 8.84. The van der Waals surface area contributed by atoms with E-state index >= 15 is 0 Å². The molecule has 0 saturated carbocycles. The fraction of sp³-hybridized carbons (Fsp3) is 0.516. The van der Waals surface area contributed by atoms with Crippen molar-refractivity contribution in [2.24, 2.45) is 28.6 Å². The number of allylic oxidation sites excluding steroid dienone is 2. The molecule has 0 radical (unpaired) electrons. The molecule has 7 heteroatoms. The van der Waals surface area contributed by atoms with Gasteiger partial charge in [0.25, 0.3) is 0 Å². The Morgan fingerprint density at radius 1 is 1.11 bits per heavy atom. The lowest BCUT2D eigenvalue weighted by Gasteiger charge is -2.59. The number of phenolic OH excluding ortho intramolecular Hbond substituents is 1. The molecular formula is C31H36O7. The van der Waals surface area contributed by atoms with Gasteiger partial charge in [-0.1, -0.05) is 53.4 Å². The van der Waals surface area contributed by atoms with E-state index in [1.54, 1.807) is 33.8 Å². The number of phenols is 1. The maximum Gasteiger partial charge on any atom is 0.209 e. The van der Waals surface area contributed by atoms with E-state index in [1.165, 1.54) is 6.07 Å². The van der Waals surface area contributed by atoms with E-state index in [0.717, 1.165) is 6.92 Å². The van der Waals surface area contributed by atoms with Crippen LogP contribution in [0, 0.1) is 40.4 Å². The van der Waals surface area contributed by atoms with Crippen molar-refractivity contribution in [3.8, 4) is 17.6 Å². The number of rotatable bonds is 3. The van der Waals surface area contributed by atoms with E-state index in [0.29, 0.717) is 23.5 Å². The number of ketones is 3. The first kappa shape index (κ1) is 27.7. The zero-order valence-electron chi connectivity index (χ0n) is 23.0. The van der Waals surface area contributed by atoms with Gasteiger partial charge in [-0.3, -0.25) is 14.4 Å². The molecule has 7 nitrogen and oxygen atoms in total. The zero-order chi connectivity index (χ0) is 28.5. The Morgan fingerprint density at radius 3 is 2.29 bits per heavy atom. The molecule has 1 aromatic rings. The second-order valence-electron chi connectivity index (χ2n) is 12.3. The van der Waals surface area contributed by atoms with Crippen LogP contribution >= 0.6 is 0 Å². The van der Waals surface area contributed by atoms with Crippen molar-refractivity contribution in [2.75, 3.05) is 0 Å². The van der Waals surface area contributed by atoms with Crippen molar-refractivity contribution in [2.45, 2.75) is 73.3 Å². The maximum atomic E-state index is 14.0. The van der Waals surface area contributed by atoms with Crippen molar-refractivity contribution in [3.63, 3.8) is 0 Å². The summed E-state index contributed by atoms with van der Waals surface area (Å²) in [7, 11) is 0. The summed E-state index contributed by atoms with van der Waals surface area (Å²) in [5.41, 5.74) is -4.70. The first-order valence-corrected chi connectivity index (χ1v) is 13.1. The third kappa shape index (κ3) is 3.57. The summed E-state index contributed by atoms with van der Waals surface area (Å²) in [6.45, 7) is 12.2. The molecule has 4 atom stereocenters. The molecule has 0 amide bonds. The number of hydrogen-bond donors (Lipinski definition) is 4. The lowest BCUT2D eigenvalue weighted by molar-refractivity contribution is -0.171. The van der Waals surface area contributed by atoms with Crippen LogP contribution in [-0.2, 0) is 16.0 Å². The predicted molar refractivity (Wildman–Crippen MR) is 142 cm³/mol. The number of fused-ring (bicyclic) bond motifs is 3. The Morgan fingerprint density at radius 2 is 1.74 bits per heavy atom. The highest BCUT2D eigenvalue weighted by Gasteiger charge is 2.71. The van der Waals surface area contributed by atoms with Crippen LogP contribution in [0.15, 0.2) is 34.8 Å². The number of aliphatic hydroxyl groups excluding tert-OH is 2. The highest BCUT2D eigenvalue weighted by atomic mass is 16.3. The van der Waals surface area contributed by atoms with Crippen LogP contribution in [0.1, 0.15) is 82.8 Å². The van der Waals surface area contributed by atoms with Crippen LogP contribution in [0.25, 0.3) is 0 Å². The minimum atomic E-state index is -2.61. The summed E-state index contributed by atoms with van der Waals surface area (Å²) < 4.78 is 0. The standard InChI is InChI=1S/C31H36O7/c1-15(2)9-8-10-18-11-12-20(33)22-19(18)13-29(6)14-30(7)23(16(3)4)25(34)21(17(5)32)27(36)31(30,38)28(37)24(29)26(22)35/h11-12,15-16,23,33-34,37-38H,9,13-14H2,1-7H3/t23?,29-,30-,31+/m1/s1. The van der Waals surface area contributed by atoms with Crippen LogP contribution in [0.2, 0.25) is 0 Å². The Bertz CT molecular complexity index is 1400. The van der Waals surface area contributed by atoms with Gasteiger partial charge in [0.05, 0.1) is 5.56 Å². The number of Topliss-reactive ketones (excluding diaryl/α,β-unsaturated/α-hetero) is 3. The van der Waals surface area contributed by atoms with Gasteiger partial charge in [-0.2, -0.15) is 0 Å². The lowest BCUT2D eigenvalue weighted by atomic mass is 9.44. The Kier molecular flexibility index (Phi) is 6.44. The molecule has 4 N–H and O–H groups in total. The minimum absolute atomic E-state index is 0.0126. The summed E-state index contributed by atoms with van der Waals surface area (Å²) in [4.78, 5) is 40.1. The molecule has 0 heterocycles. The zero-order valence-corrected chi connectivity index (χ0v) is 23.0. The summed E-state index contributed by atoms with van der Waals surface area (Å²) in [6.07, 6.45) is 0.919. The predicted octanol–water partition coefficient (Wildman–Crippen LogP) is 4.74. The molecule has 1 aromatic carbocycles. The molecule has 38 heavy (non-hydrogen) atoms. The molecular weight excluding hydrogens is 484 g/mol. The number of carbonyl (C=O) groups excluding carboxylic acids is 3. The summed E-state index contributed by atoms with van der Waals surface area (Å²) in [6, 6.07) is 3.05. The number of carbonyl (C=O) groups is 3. The van der Waals surface area contributed by atoms with Crippen molar-refractivity contribution >= 4 is 17.3 Å². The van der Waals surface area contributed by atoms with Crippen LogP contribution < -0.4 is 0 Å². The van der Waals surface area contributed by atoms with Gasteiger partial charge in [-0.15, -0.1) is 0 Å². The molecule has 3 aliphatic carbocycles. The summed E-state index contributed by atoms with van der Waals surface area (Å²) >= 11 is 0. The number of hydrogen-bond acceptors (Lipinski definition) is 7. The van der Waals surface area contributed by atoms with Crippen LogP contribution in [0.5, 0.6) is 5.75 Å². The average molecular weight is 521 g/mol. The Balaban J connectivity index is 2.02. The van der Waals surface area contributed by atoms with Crippen LogP contribution in [-0.4, -0.2) is 43.4 Å². The highest BCUT2D eigenvalue weighted by molar-refractivity contribution is 6.25. The van der Waals surface area contributed by atoms with E-state index in [1.807, 2.05) is 13.8 Å². The molecule has 3 aliphatic rings. The topological polar surface area (TPSA) is 132 Å². The number of aromatic hydroxyl groups is 1.